The molecule has 5 heteroatoms. The summed E-state index contributed by atoms with van der Waals surface area (Å²) >= 11 is 1.49. The molecule has 20 heavy (non-hydrogen) atoms. The summed E-state index contributed by atoms with van der Waals surface area (Å²) in [5.41, 5.74) is 9.04. The number of nitrogens with one attached hydrogen (secondary N) is 1. The van der Waals surface area contributed by atoms with E-state index in [4.69, 9.17) is 5.73 Å². The predicted molar refractivity (Wildman–Crippen MR) is 81.6 cm³/mol. The number of hydrogen-bond donors (Lipinski definition) is 2. The summed E-state index contributed by atoms with van der Waals surface area (Å²) in [6.45, 7) is 0. The highest BCUT2D eigenvalue weighted by molar-refractivity contribution is 7.14. The van der Waals surface area contributed by atoms with Crippen LogP contribution in [0.4, 0.5) is 20.9 Å². The molecular formula is C15H12FN3S. The van der Waals surface area contributed by atoms with E-state index in [-0.39, 0.29) is 5.82 Å². The first-order valence-corrected chi connectivity index (χ1v) is 6.93. The van der Waals surface area contributed by atoms with Gasteiger partial charge in [-0.05, 0) is 42.5 Å². The van der Waals surface area contributed by atoms with Gasteiger partial charge < -0.3 is 11.1 Å². The first kappa shape index (κ1) is 12.6. The van der Waals surface area contributed by atoms with Gasteiger partial charge in [0, 0.05) is 22.3 Å². The van der Waals surface area contributed by atoms with Crippen LogP contribution in [0.5, 0.6) is 0 Å². The van der Waals surface area contributed by atoms with Crippen molar-refractivity contribution in [3.63, 3.8) is 0 Å². The molecule has 0 bridgehead atoms. The Morgan fingerprint density at radius 3 is 2.65 bits per heavy atom. The SMILES string of the molecule is Nc1cccc(Nc2nc(-c3ccc(F)cc3)cs2)c1. The van der Waals surface area contributed by atoms with E-state index in [1.807, 2.05) is 29.6 Å². The van der Waals surface area contributed by atoms with Crippen molar-refractivity contribution in [2.45, 2.75) is 0 Å². The Morgan fingerprint density at radius 1 is 1.10 bits per heavy atom. The van der Waals surface area contributed by atoms with Crippen LogP contribution in [0.2, 0.25) is 0 Å². The van der Waals surface area contributed by atoms with Crippen LogP contribution in [0.25, 0.3) is 11.3 Å². The Kier molecular flexibility index (Phi) is 3.35. The Bertz CT molecular complexity index is 722. The topological polar surface area (TPSA) is 50.9 Å². The molecule has 0 unspecified atom stereocenters. The van der Waals surface area contributed by atoms with E-state index in [2.05, 4.69) is 10.3 Å². The van der Waals surface area contributed by atoms with E-state index in [0.29, 0.717) is 5.69 Å². The molecule has 0 saturated carbocycles. The molecule has 3 rings (SSSR count). The number of aromatic nitrogens is 1. The van der Waals surface area contributed by atoms with E-state index in [9.17, 15) is 4.39 Å². The molecule has 3 nitrogen and oxygen atoms in total. The van der Waals surface area contributed by atoms with Gasteiger partial charge in [-0.3, -0.25) is 0 Å². The van der Waals surface area contributed by atoms with Gasteiger partial charge >= 0.3 is 0 Å². The zero-order valence-electron chi connectivity index (χ0n) is 10.5. The molecule has 0 aliphatic carbocycles. The van der Waals surface area contributed by atoms with Crippen LogP contribution in [0.15, 0.2) is 53.9 Å². The fourth-order valence-electron chi connectivity index (χ4n) is 1.82. The van der Waals surface area contributed by atoms with Crippen LogP contribution >= 0.6 is 11.3 Å². The molecule has 0 saturated heterocycles. The monoisotopic (exact) mass is 285 g/mol. The van der Waals surface area contributed by atoms with Gasteiger partial charge in [-0.25, -0.2) is 9.37 Å². The molecule has 0 radical (unpaired) electrons. The molecule has 3 N–H and O–H groups in total. The van der Waals surface area contributed by atoms with Crippen molar-refractivity contribution in [3.8, 4) is 11.3 Å². The van der Waals surface area contributed by atoms with Gasteiger partial charge in [0.1, 0.15) is 5.82 Å². The van der Waals surface area contributed by atoms with Crippen LogP contribution < -0.4 is 11.1 Å². The summed E-state index contributed by atoms with van der Waals surface area (Å²) in [5, 5.41) is 5.91. The summed E-state index contributed by atoms with van der Waals surface area (Å²) in [7, 11) is 0. The summed E-state index contributed by atoms with van der Waals surface area (Å²) in [6.07, 6.45) is 0. The fourth-order valence-corrected chi connectivity index (χ4v) is 2.56. The number of hydrogen-bond acceptors (Lipinski definition) is 4. The average molecular weight is 285 g/mol. The lowest BCUT2D eigenvalue weighted by molar-refractivity contribution is 0.628. The largest absolute Gasteiger partial charge is 0.399 e. The van der Waals surface area contributed by atoms with Crippen molar-refractivity contribution in [2.75, 3.05) is 11.1 Å². The first-order chi connectivity index (χ1) is 9.70. The van der Waals surface area contributed by atoms with Gasteiger partial charge in [0.2, 0.25) is 0 Å². The zero-order valence-corrected chi connectivity index (χ0v) is 11.3. The van der Waals surface area contributed by atoms with Crippen LogP contribution in [0.1, 0.15) is 0 Å². The van der Waals surface area contributed by atoms with Crippen molar-refractivity contribution < 1.29 is 4.39 Å². The quantitative estimate of drug-likeness (QED) is 0.706. The molecule has 1 aromatic heterocycles. The third-order valence-corrected chi connectivity index (χ3v) is 3.54. The van der Waals surface area contributed by atoms with Gasteiger partial charge in [-0.15, -0.1) is 11.3 Å². The molecule has 0 aliphatic rings. The zero-order chi connectivity index (χ0) is 13.9. The number of nitrogens with zero attached hydrogens (tertiary/aromatic N) is 1. The standard InChI is InChI=1S/C15H12FN3S/c16-11-6-4-10(5-7-11)14-9-20-15(19-14)18-13-3-1-2-12(17)8-13/h1-9H,17H2,(H,18,19). The lowest BCUT2D eigenvalue weighted by Crippen LogP contribution is -1.91. The van der Waals surface area contributed by atoms with Gasteiger partial charge in [0.15, 0.2) is 5.13 Å². The molecule has 100 valence electrons. The lowest BCUT2D eigenvalue weighted by Gasteiger charge is -2.02. The minimum Gasteiger partial charge on any atom is -0.399 e. The van der Waals surface area contributed by atoms with Crippen molar-refractivity contribution in [3.05, 3.63) is 59.7 Å². The highest BCUT2D eigenvalue weighted by Gasteiger charge is 2.05. The highest BCUT2D eigenvalue weighted by atomic mass is 32.1. The molecule has 0 spiro atoms. The first-order valence-electron chi connectivity index (χ1n) is 6.05. The summed E-state index contributed by atoms with van der Waals surface area (Å²) in [5.74, 6) is -0.248. The fraction of sp³-hybridized carbons (Fsp3) is 0. The van der Waals surface area contributed by atoms with Crippen LogP contribution in [0, 0.1) is 5.82 Å². The minimum absolute atomic E-state index is 0.248. The lowest BCUT2D eigenvalue weighted by atomic mass is 10.2. The number of halogens is 1. The Hall–Kier alpha value is -2.40. The normalized spacial score (nSPS) is 10.4. The van der Waals surface area contributed by atoms with E-state index in [1.54, 1.807) is 12.1 Å². The number of nitrogen functional groups attached to an aromatic ring is 1. The van der Waals surface area contributed by atoms with E-state index in [1.165, 1.54) is 23.5 Å². The Balaban J connectivity index is 1.82. The summed E-state index contributed by atoms with van der Waals surface area (Å²) in [4.78, 5) is 4.48. The van der Waals surface area contributed by atoms with Crippen molar-refractivity contribution in [1.82, 2.24) is 4.98 Å². The van der Waals surface area contributed by atoms with E-state index < -0.39 is 0 Å². The van der Waals surface area contributed by atoms with Crippen LogP contribution in [0.3, 0.4) is 0 Å². The van der Waals surface area contributed by atoms with Gasteiger partial charge in [-0.2, -0.15) is 0 Å². The van der Waals surface area contributed by atoms with Crippen LogP contribution in [-0.4, -0.2) is 4.98 Å². The van der Waals surface area contributed by atoms with E-state index >= 15 is 0 Å². The minimum atomic E-state index is -0.248. The van der Waals surface area contributed by atoms with E-state index in [0.717, 1.165) is 22.1 Å². The molecule has 0 atom stereocenters. The molecule has 0 amide bonds. The maximum absolute atomic E-state index is 12.9. The second-order valence-corrected chi connectivity index (χ2v) is 5.15. The average Bonchev–Trinajstić information content (AvgIpc) is 2.88. The van der Waals surface area contributed by atoms with Crippen molar-refractivity contribution in [1.29, 1.82) is 0 Å². The molecule has 3 aromatic rings. The smallest absolute Gasteiger partial charge is 0.187 e. The number of anilines is 3. The third kappa shape index (κ3) is 2.78. The maximum Gasteiger partial charge on any atom is 0.187 e. The van der Waals surface area contributed by atoms with Crippen molar-refractivity contribution >= 4 is 27.8 Å². The maximum atomic E-state index is 12.9. The second kappa shape index (κ2) is 5.30. The molecule has 0 aliphatic heterocycles. The molecule has 1 heterocycles. The summed E-state index contributed by atoms with van der Waals surface area (Å²) in [6, 6.07) is 13.8. The predicted octanol–water partition coefficient (Wildman–Crippen LogP) is 4.28. The number of benzene rings is 2. The Morgan fingerprint density at radius 2 is 1.90 bits per heavy atom. The number of rotatable bonds is 3. The van der Waals surface area contributed by atoms with Crippen LogP contribution in [-0.2, 0) is 0 Å². The molecule has 2 aromatic carbocycles. The molecular weight excluding hydrogens is 273 g/mol. The van der Waals surface area contributed by atoms with Crippen molar-refractivity contribution in [2.24, 2.45) is 0 Å². The number of nitrogens with two attached hydrogens (primary N) is 1. The Labute approximate surface area is 119 Å². The molecule has 0 fully saturated rings. The summed E-state index contributed by atoms with van der Waals surface area (Å²) < 4.78 is 12.9. The van der Waals surface area contributed by atoms with Gasteiger partial charge in [-0.1, -0.05) is 6.07 Å². The third-order valence-electron chi connectivity index (χ3n) is 2.78. The second-order valence-electron chi connectivity index (χ2n) is 4.30. The number of thiazole rings is 1. The highest BCUT2D eigenvalue weighted by Crippen LogP contribution is 2.27. The van der Waals surface area contributed by atoms with Gasteiger partial charge in [0.25, 0.3) is 0 Å². The van der Waals surface area contributed by atoms with Gasteiger partial charge in [0.05, 0.1) is 5.69 Å².